The van der Waals surface area contributed by atoms with E-state index in [1.165, 1.54) is 25.4 Å². The molecule has 0 saturated heterocycles. The second-order valence-electron chi connectivity index (χ2n) is 5.64. The van der Waals surface area contributed by atoms with E-state index < -0.39 is 22.5 Å². The van der Waals surface area contributed by atoms with E-state index in [0.717, 1.165) is 8.78 Å². The minimum absolute atomic E-state index is 0.0761. The highest BCUT2D eigenvalue weighted by Crippen LogP contribution is 2.28. The predicted octanol–water partition coefficient (Wildman–Crippen LogP) is 2.32. The van der Waals surface area contributed by atoms with E-state index in [1.54, 1.807) is 37.3 Å². The fourth-order valence-corrected chi connectivity index (χ4v) is 3.59. The number of hydrazone groups is 1. The fourth-order valence-electron chi connectivity index (χ4n) is 2.20. The van der Waals surface area contributed by atoms with Gasteiger partial charge in [-0.2, -0.15) is 9.41 Å². The number of carbonyl (C=O) groups excluding carboxylic acids is 1. The molecule has 2 aromatic rings. The molecule has 10 heteroatoms. The molecule has 2 aromatic carbocycles. The molecule has 0 aliphatic heterocycles. The molecule has 0 radical (unpaired) electrons. The number of amides is 1. The molecule has 2 N–H and O–H groups in total. The maximum absolute atomic E-state index is 12.5. The highest BCUT2D eigenvalue weighted by molar-refractivity contribution is 9.10. The van der Waals surface area contributed by atoms with Gasteiger partial charge >= 0.3 is 0 Å². The van der Waals surface area contributed by atoms with Crippen LogP contribution in [0.15, 0.2) is 56.9 Å². The Hall–Kier alpha value is -2.43. The minimum Gasteiger partial charge on any atom is -0.504 e. The molecule has 0 aliphatic rings. The van der Waals surface area contributed by atoms with Crippen molar-refractivity contribution in [2.24, 2.45) is 5.10 Å². The number of rotatable bonds is 8. The zero-order valence-corrected chi connectivity index (χ0v) is 17.7. The molecule has 0 heterocycles. The monoisotopic (exact) mass is 469 g/mol. The van der Waals surface area contributed by atoms with Crippen LogP contribution >= 0.6 is 15.9 Å². The summed E-state index contributed by atoms with van der Waals surface area (Å²) >= 11 is 3.24. The van der Waals surface area contributed by atoms with Gasteiger partial charge < -0.3 is 9.84 Å². The third-order valence-electron chi connectivity index (χ3n) is 3.61. The third-order valence-corrected chi connectivity index (χ3v) is 5.96. The fraction of sp³-hybridized carbons (Fsp3) is 0.222. The molecule has 0 bridgehead atoms. The molecular weight excluding hydrogens is 450 g/mol. The lowest BCUT2D eigenvalue weighted by atomic mass is 10.2. The first-order chi connectivity index (χ1) is 13.3. The Labute approximate surface area is 172 Å². The number of hydrogen-bond acceptors (Lipinski definition) is 6. The molecule has 2 rings (SSSR count). The van der Waals surface area contributed by atoms with E-state index in [4.69, 9.17) is 4.74 Å². The zero-order chi connectivity index (χ0) is 20.7. The van der Waals surface area contributed by atoms with E-state index in [2.05, 4.69) is 26.5 Å². The maximum atomic E-state index is 12.5. The van der Waals surface area contributed by atoms with Crippen molar-refractivity contribution in [1.29, 1.82) is 0 Å². The largest absolute Gasteiger partial charge is 0.504 e. The summed E-state index contributed by atoms with van der Waals surface area (Å²) in [5.74, 6) is -0.421. The molecule has 1 amide bonds. The number of carbonyl (C=O) groups is 1. The van der Waals surface area contributed by atoms with E-state index in [1.807, 2.05) is 0 Å². The molecular formula is C18H20BrN3O5S. The number of benzene rings is 2. The Balaban J connectivity index is 1.99. The van der Waals surface area contributed by atoms with Crippen molar-refractivity contribution in [3.8, 4) is 11.5 Å². The number of ether oxygens (including phenoxy) is 1. The number of hydrogen-bond donors (Lipinski definition) is 2. The van der Waals surface area contributed by atoms with Crippen molar-refractivity contribution in [3.63, 3.8) is 0 Å². The smallest absolute Gasteiger partial charge is 0.255 e. The Morgan fingerprint density at radius 1 is 1.29 bits per heavy atom. The van der Waals surface area contributed by atoms with Crippen molar-refractivity contribution < 1.29 is 23.1 Å². The molecule has 28 heavy (non-hydrogen) atoms. The Morgan fingerprint density at radius 2 is 1.96 bits per heavy atom. The molecule has 0 fully saturated rings. The Bertz CT molecular complexity index is 962. The third kappa shape index (κ3) is 5.54. The lowest BCUT2D eigenvalue weighted by Gasteiger charge is -2.16. The summed E-state index contributed by atoms with van der Waals surface area (Å²) in [5, 5.41) is 13.8. The molecule has 150 valence electrons. The van der Waals surface area contributed by atoms with Crippen molar-refractivity contribution in [1.82, 2.24) is 9.73 Å². The number of phenols is 1. The first-order valence-electron chi connectivity index (χ1n) is 8.24. The van der Waals surface area contributed by atoms with Crippen molar-refractivity contribution in [3.05, 3.63) is 52.5 Å². The molecule has 0 atom stereocenters. The van der Waals surface area contributed by atoms with Gasteiger partial charge in [0, 0.05) is 17.1 Å². The number of nitrogens with one attached hydrogen (secondary N) is 1. The van der Waals surface area contributed by atoms with Gasteiger partial charge in [0.2, 0.25) is 10.0 Å². The van der Waals surface area contributed by atoms with Gasteiger partial charge in [-0.15, -0.1) is 0 Å². The Morgan fingerprint density at radius 3 is 2.61 bits per heavy atom. The number of nitrogens with zero attached hydrogens (tertiary/aromatic N) is 2. The number of para-hydroxylation sites is 1. The van der Waals surface area contributed by atoms with Gasteiger partial charge in [0.05, 0.1) is 24.3 Å². The summed E-state index contributed by atoms with van der Waals surface area (Å²) in [4.78, 5) is 12.1. The molecule has 0 aromatic heterocycles. The number of aromatic hydroxyl groups is 1. The SMILES string of the molecule is CCOc1cccc(/C=N\NC(=O)CN(C)S(=O)(=O)c2ccc(Br)cc2)c1O. The predicted molar refractivity (Wildman–Crippen MR) is 109 cm³/mol. The number of sulfonamides is 1. The van der Waals surface area contributed by atoms with E-state index in [9.17, 15) is 18.3 Å². The zero-order valence-electron chi connectivity index (χ0n) is 15.3. The molecule has 0 saturated carbocycles. The summed E-state index contributed by atoms with van der Waals surface area (Å²) in [6.45, 7) is 1.77. The summed E-state index contributed by atoms with van der Waals surface area (Å²) in [5.41, 5.74) is 2.59. The topological polar surface area (TPSA) is 108 Å². The van der Waals surface area contributed by atoms with Crippen LogP contribution in [0.1, 0.15) is 12.5 Å². The number of halogens is 1. The normalized spacial score (nSPS) is 11.7. The Kier molecular flexibility index (Phi) is 7.55. The van der Waals surface area contributed by atoms with Gasteiger partial charge in [-0.3, -0.25) is 4.79 Å². The van der Waals surface area contributed by atoms with Gasteiger partial charge in [-0.05, 0) is 43.3 Å². The summed E-state index contributed by atoms with van der Waals surface area (Å²) in [6, 6.07) is 11.0. The van der Waals surface area contributed by atoms with E-state index >= 15 is 0 Å². The van der Waals surface area contributed by atoms with Gasteiger partial charge in [0.15, 0.2) is 11.5 Å². The molecule has 0 aliphatic carbocycles. The van der Waals surface area contributed by atoms with Gasteiger partial charge in [0.25, 0.3) is 5.91 Å². The van der Waals surface area contributed by atoms with Crippen LogP contribution in [0.4, 0.5) is 0 Å². The second kappa shape index (κ2) is 9.67. The van der Waals surface area contributed by atoms with E-state index in [-0.39, 0.29) is 10.6 Å². The molecule has 8 nitrogen and oxygen atoms in total. The van der Waals surface area contributed by atoms with Gasteiger partial charge in [-0.25, -0.2) is 13.8 Å². The number of likely N-dealkylation sites (N-methyl/N-ethyl adjacent to an activating group) is 1. The lowest BCUT2D eigenvalue weighted by molar-refractivity contribution is -0.121. The summed E-state index contributed by atoms with van der Waals surface area (Å²) < 4.78 is 31.9. The minimum atomic E-state index is -3.80. The van der Waals surface area contributed by atoms with Crippen LogP contribution in [0.3, 0.4) is 0 Å². The first kappa shape index (κ1) is 21.9. The molecule has 0 spiro atoms. The molecule has 0 unspecified atom stereocenters. The first-order valence-corrected chi connectivity index (χ1v) is 10.5. The van der Waals surface area contributed by atoms with Crippen LogP contribution in [0.5, 0.6) is 11.5 Å². The van der Waals surface area contributed by atoms with Crippen LogP contribution in [0.2, 0.25) is 0 Å². The van der Waals surface area contributed by atoms with Crippen LogP contribution in [0.25, 0.3) is 0 Å². The second-order valence-corrected chi connectivity index (χ2v) is 8.60. The lowest BCUT2D eigenvalue weighted by Crippen LogP contribution is -2.36. The average Bonchev–Trinajstić information content (AvgIpc) is 2.65. The van der Waals surface area contributed by atoms with Gasteiger partial charge in [-0.1, -0.05) is 22.0 Å². The average molecular weight is 470 g/mol. The quantitative estimate of drug-likeness (QED) is 0.455. The standard InChI is InChI=1S/C18H20BrN3O5S/c1-3-27-16-6-4-5-13(18(16)24)11-20-21-17(23)12-22(2)28(25,26)15-9-7-14(19)8-10-15/h4-11,24H,3,12H2,1-2H3,(H,21,23)/b20-11-. The summed E-state index contributed by atoms with van der Waals surface area (Å²) in [7, 11) is -2.50. The summed E-state index contributed by atoms with van der Waals surface area (Å²) in [6.07, 6.45) is 1.25. The van der Waals surface area contributed by atoms with Crippen molar-refractivity contribution in [2.45, 2.75) is 11.8 Å². The van der Waals surface area contributed by atoms with Crippen LogP contribution in [-0.2, 0) is 14.8 Å². The van der Waals surface area contributed by atoms with Crippen LogP contribution in [0, 0.1) is 0 Å². The van der Waals surface area contributed by atoms with Crippen molar-refractivity contribution in [2.75, 3.05) is 20.2 Å². The highest BCUT2D eigenvalue weighted by Gasteiger charge is 2.22. The number of phenolic OH excluding ortho intramolecular Hbond substituents is 1. The van der Waals surface area contributed by atoms with E-state index in [0.29, 0.717) is 17.9 Å². The van der Waals surface area contributed by atoms with Gasteiger partial charge in [0.1, 0.15) is 0 Å². The van der Waals surface area contributed by atoms with Crippen LogP contribution < -0.4 is 10.2 Å². The van der Waals surface area contributed by atoms with Crippen molar-refractivity contribution >= 4 is 38.1 Å². The highest BCUT2D eigenvalue weighted by atomic mass is 79.9. The maximum Gasteiger partial charge on any atom is 0.255 e. The van der Waals surface area contributed by atoms with Crippen LogP contribution in [-0.4, -0.2) is 50.2 Å².